The van der Waals surface area contributed by atoms with Crippen molar-refractivity contribution in [1.82, 2.24) is 30.0 Å². The van der Waals surface area contributed by atoms with E-state index in [1.54, 1.807) is 18.6 Å². The molecule has 1 aliphatic carbocycles. The number of amides is 1. The Balaban J connectivity index is 1.40. The molecule has 150 valence electrons. The lowest BCUT2D eigenvalue weighted by molar-refractivity contribution is -0.141. The first-order chi connectivity index (χ1) is 13.9. The van der Waals surface area contributed by atoms with Crippen molar-refractivity contribution in [2.75, 3.05) is 6.54 Å². The molecule has 3 heterocycles. The van der Waals surface area contributed by atoms with Gasteiger partial charge in [0, 0.05) is 36.7 Å². The topological polar surface area (TPSA) is 85.6 Å². The van der Waals surface area contributed by atoms with E-state index in [1.807, 2.05) is 10.7 Å². The number of carbonyl (C=O) groups is 1. The van der Waals surface area contributed by atoms with E-state index in [0.717, 1.165) is 42.6 Å². The molecule has 1 fully saturated rings. The first-order valence-corrected chi connectivity index (χ1v) is 9.07. The van der Waals surface area contributed by atoms with Gasteiger partial charge in [-0.1, -0.05) is 0 Å². The molecular formula is C19H17F3N6O. The Kier molecular flexibility index (Phi) is 4.99. The Morgan fingerprint density at radius 3 is 2.59 bits per heavy atom. The van der Waals surface area contributed by atoms with Crippen LogP contribution < -0.4 is 5.32 Å². The van der Waals surface area contributed by atoms with Crippen molar-refractivity contribution < 1.29 is 18.0 Å². The summed E-state index contributed by atoms with van der Waals surface area (Å²) >= 11 is 0. The van der Waals surface area contributed by atoms with Gasteiger partial charge in [0.2, 0.25) is 0 Å². The van der Waals surface area contributed by atoms with Crippen LogP contribution in [-0.4, -0.2) is 37.2 Å². The average Bonchev–Trinajstić information content (AvgIpc) is 3.48. The summed E-state index contributed by atoms with van der Waals surface area (Å²) < 4.78 is 39.5. The molecule has 0 spiro atoms. The first-order valence-electron chi connectivity index (χ1n) is 9.07. The molecule has 29 heavy (non-hydrogen) atoms. The molecule has 3 aromatic rings. The predicted molar refractivity (Wildman–Crippen MR) is 96.8 cm³/mol. The maximum atomic E-state index is 12.6. The molecular weight excluding hydrogens is 385 g/mol. The van der Waals surface area contributed by atoms with E-state index < -0.39 is 17.8 Å². The Labute approximate surface area is 164 Å². The summed E-state index contributed by atoms with van der Waals surface area (Å²) in [6, 6.07) is 3.89. The van der Waals surface area contributed by atoms with Crippen molar-refractivity contribution in [3.63, 3.8) is 0 Å². The number of alkyl halides is 3. The quantitative estimate of drug-likeness (QED) is 0.685. The Morgan fingerprint density at radius 1 is 1.14 bits per heavy atom. The van der Waals surface area contributed by atoms with Gasteiger partial charge in [-0.25, -0.2) is 0 Å². The van der Waals surface area contributed by atoms with Crippen molar-refractivity contribution in [3.05, 3.63) is 59.9 Å². The van der Waals surface area contributed by atoms with Gasteiger partial charge in [-0.2, -0.15) is 18.3 Å². The van der Waals surface area contributed by atoms with E-state index in [2.05, 4.69) is 25.4 Å². The molecule has 3 aromatic heterocycles. The molecule has 7 nitrogen and oxygen atoms in total. The van der Waals surface area contributed by atoms with Crippen molar-refractivity contribution in [3.8, 4) is 11.4 Å². The minimum atomic E-state index is -4.53. The number of aromatic nitrogens is 5. The molecule has 0 atom stereocenters. The Hall–Kier alpha value is -3.30. The van der Waals surface area contributed by atoms with Gasteiger partial charge in [-0.3, -0.25) is 24.4 Å². The van der Waals surface area contributed by atoms with E-state index >= 15 is 0 Å². The third-order valence-electron chi connectivity index (χ3n) is 4.56. The van der Waals surface area contributed by atoms with Crippen LogP contribution in [0.25, 0.3) is 11.4 Å². The third-order valence-corrected chi connectivity index (χ3v) is 4.56. The van der Waals surface area contributed by atoms with Crippen LogP contribution in [0, 0.1) is 0 Å². The largest absolute Gasteiger partial charge is 0.433 e. The highest BCUT2D eigenvalue weighted by atomic mass is 19.4. The SMILES string of the molecule is O=C(NCCn1nc(-c2cnccn2)cc1C1CC1)c1ccc(C(F)(F)F)nc1. The van der Waals surface area contributed by atoms with Gasteiger partial charge in [0.05, 0.1) is 18.3 Å². The van der Waals surface area contributed by atoms with Crippen LogP contribution in [0.15, 0.2) is 43.0 Å². The van der Waals surface area contributed by atoms with Crippen LogP contribution in [0.4, 0.5) is 13.2 Å². The molecule has 1 aliphatic rings. The minimum absolute atomic E-state index is 0.0705. The number of pyridine rings is 1. The van der Waals surface area contributed by atoms with Gasteiger partial charge in [-0.05, 0) is 31.0 Å². The zero-order chi connectivity index (χ0) is 20.4. The molecule has 0 aliphatic heterocycles. The monoisotopic (exact) mass is 402 g/mol. The molecule has 0 unspecified atom stereocenters. The lowest BCUT2D eigenvalue weighted by Crippen LogP contribution is -2.28. The summed E-state index contributed by atoms with van der Waals surface area (Å²) in [7, 11) is 0. The molecule has 0 bridgehead atoms. The van der Waals surface area contributed by atoms with Crippen LogP contribution in [-0.2, 0) is 12.7 Å². The second-order valence-electron chi connectivity index (χ2n) is 6.73. The Morgan fingerprint density at radius 2 is 1.97 bits per heavy atom. The molecule has 10 heteroatoms. The van der Waals surface area contributed by atoms with Gasteiger partial charge in [0.15, 0.2) is 0 Å². The van der Waals surface area contributed by atoms with Gasteiger partial charge < -0.3 is 5.32 Å². The van der Waals surface area contributed by atoms with Crippen molar-refractivity contribution in [2.45, 2.75) is 31.5 Å². The standard InChI is InChI=1S/C19H17F3N6O/c20-19(21,22)17-4-3-13(10-26-17)18(29)25-7-8-28-16(12-1-2-12)9-14(27-28)15-11-23-5-6-24-15/h3-6,9-12H,1-2,7-8H2,(H,25,29). The van der Waals surface area contributed by atoms with Crippen molar-refractivity contribution in [2.24, 2.45) is 0 Å². The fourth-order valence-corrected chi connectivity index (χ4v) is 2.95. The number of hydrogen-bond donors (Lipinski definition) is 1. The van der Waals surface area contributed by atoms with Crippen LogP contribution >= 0.6 is 0 Å². The summed E-state index contributed by atoms with van der Waals surface area (Å²) in [5.74, 6) is -0.0387. The molecule has 0 aromatic carbocycles. The van der Waals surface area contributed by atoms with E-state index in [-0.39, 0.29) is 12.1 Å². The lowest BCUT2D eigenvalue weighted by atomic mass is 10.2. The molecule has 1 saturated carbocycles. The second kappa shape index (κ2) is 7.61. The summed E-state index contributed by atoms with van der Waals surface area (Å²) in [5, 5.41) is 7.27. The van der Waals surface area contributed by atoms with Crippen LogP contribution in [0.1, 0.15) is 40.5 Å². The van der Waals surface area contributed by atoms with Crippen molar-refractivity contribution >= 4 is 5.91 Å². The van der Waals surface area contributed by atoms with E-state index in [9.17, 15) is 18.0 Å². The summed E-state index contributed by atoms with van der Waals surface area (Å²) in [6.45, 7) is 0.715. The highest BCUT2D eigenvalue weighted by molar-refractivity contribution is 5.93. The van der Waals surface area contributed by atoms with E-state index in [0.29, 0.717) is 18.2 Å². The molecule has 0 radical (unpaired) electrons. The van der Waals surface area contributed by atoms with Gasteiger partial charge in [0.1, 0.15) is 17.1 Å². The molecule has 1 amide bonds. The van der Waals surface area contributed by atoms with E-state index in [1.165, 1.54) is 0 Å². The lowest BCUT2D eigenvalue weighted by Gasteiger charge is -2.09. The van der Waals surface area contributed by atoms with Crippen LogP contribution in [0.2, 0.25) is 0 Å². The summed E-state index contributed by atoms with van der Waals surface area (Å²) in [4.78, 5) is 23.8. The molecule has 0 saturated heterocycles. The van der Waals surface area contributed by atoms with Gasteiger partial charge >= 0.3 is 6.18 Å². The van der Waals surface area contributed by atoms with Gasteiger partial charge in [-0.15, -0.1) is 0 Å². The minimum Gasteiger partial charge on any atom is -0.350 e. The smallest absolute Gasteiger partial charge is 0.350 e. The number of hydrogen-bond acceptors (Lipinski definition) is 5. The van der Waals surface area contributed by atoms with E-state index in [4.69, 9.17) is 0 Å². The Bertz CT molecular complexity index is 997. The normalized spacial score (nSPS) is 14.0. The highest BCUT2D eigenvalue weighted by Crippen LogP contribution is 2.41. The number of rotatable bonds is 6. The van der Waals surface area contributed by atoms with Crippen LogP contribution in [0.3, 0.4) is 0 Å². The molecule has 4 rings (SSSR count). The van der Waals surface area contributed by atoms with Crippen molar-refractivity contribution in [1.29, 1.82) is 0 Å². The average molecular weight is 402 g/mol. The zero-order valence-electron chi connectivity index (χ0n) is 15.2. The number of nitrogens with one attached hydrogen (secondary N) is 1. The second-order valence-corrected chi connectivity index (χ2v) is 6.73. The number of nitrogens with zero attached hydrogens (tertiary/aromatic N) is 5. The van der Waals surface area contributed by atoms with Crippen LogP contribution in [0.5, 0.6) is 0 Å². The molecule has 1 N–H and O–H groups in total. The maximum Gasteiger partial charge on any atom is 0.433 e. The third kappa shape index (κ3) is 4.41. The predicted octanol–water partition coefficient (Wildman–Crippen LogP) is 3.06. The maximum absolute atomic E-state index is 12.6. The number of halogens is 3. The number of carbonyl (C=O) groups excluding carboxylic acids is 1. The zero-order valence-corrected chi connectivity index (χ0v) is 15.2. The summed E-state index contributed by atoms with van der Waals surface area (Å²) in [5.41, 5.74) is 1.51. The first kappa shape index (κ1) is 19.0. The fourth-order valence-electron chi connectivity index (χ4n) is 2.95. The summed E-state index contributed by atoms with van der Waals surface area (Å²) in [6.07, 6.45) is 3.41. The highest BCUT2D eigenvalue weighted by Gasteiger charge is 2.32. The fraction of sp³-hybridized carbons (Fsp3) is 0.316. The van der Waals surface area contributed by atoms with Gasteiger partial charge in [0.25, 0.3) is 5.91 Å².